The second kappa shape index (κ2) is 10.3. The smallest absolute Gasteiger partial charge is 0.372 e. The number of rotatable bonds is 7. The summed E-state index contributed by atoms with van der Waals surface area (Å²) in [6.45, 7) is 1.16. The number of likely N-dealkylation sites (tertiary alicyclic amines) is 1. The number of carboxylic acid groups (broad SMARTS) is 1. The summed E-state index contributed by atoms with van der Waals surface area (Å²) in [6.07, 6.45) is 0.292. The zero-order chi connectivity index (χ0) is 24.1. The maximum Gasteiger partial charge on any atom is 0.372 e. The van der Waals surface area contributed by atoms with Gasteiger partial charge in [-0.25, -0.2) is 4.79 Å². The Bertz CT molecular complexity index is 1120. The van der Waals surface area contributed by atoms with E-state index in [0.717, 1.165) is 16.7 Å². The lowest BCUT2D eigenvalue weighted by Crippen LogP contribution is -2.45. The first-order valence-corrected chi connectivity index (χ1v) is 11.2. The van der Waals surface area contributed by atoms with Gasteiger partial charge in [0, 0.05) is 31.0 Å². The minimum atomic E-state index is -1.42. The number of carbonyl (C=O) groups is 3. The number of nitrogens with two attached hydrogens (primary N) is 1. The van der Waals surface area contributed by atoms with Gasteiger partial charge < -0.3 is 20.6 Å². The molecule has 2 aliphatic heterocycles. The van der Waals surface area contributed by atoms with E-state index in [4.69, 9.17) is 15.7 Å². The molecule has 2 aromatic rings. The Morgan fingerprint density at radius 3 is 2.38 bits per heavy atom. The molecule has 0 spiro atoms. The van der Waals surface area contributed by atoms with E-state index in [1.165, 1.54) is 0 Å². The van der Waals surface area contributed by atoms with E-state index in [0.29, 0.717) is 50.4 Å². The van der Waals surface area contributed by atoms with Crippen molar-refractivity contribution < 1.29 is 24.3 Å². The molecule has 1 saturated heterocycles. The fourth-order valence-electron chi connectivity index (χ4n) is 4.11. The molecule has 0 bridgehead atoms. The molecule has 3 N–H and O–H groups in total. The van der Waals surface area contributed by atoms with Crippen LogP contribution < -0.4 is 5.73 Å². The number of piperidine rings is 1. The Morgan fingerprint density at radius 1 is 1.06 bits per heavy atom. The molecule has 176 valence electrons. The van der Waals surface area contributed by atoms with Gasteiger partial charge in [-0.3, -0.25) is 14.6 Å². The average molecular weight is 463 g/mol. The van der Waals surface area contributed by atoms with E-state index in [-0.39, 0.29) is 5.91 Å². The summed E-state index contributed by atoms with van der Waals surface area (Å²) in [5.41, 5.74) is 9.50. The Hall–Kier alpha value is -4.01. The predicted molar refractivity (Wildman–Crippen MR) is 125 cm³/mol. The molecule has 1 fully saturated rings. The van der Waals surface area contributed by atoms with Crippen LogP contribution in [-0.2, 0) is 25.8 Å². The molecule has 2 heterocycles. The van der Waals surface area contributed by atoms with Crippen LogP contribution in [0.25, 0.3) is 0 Å². The number of carboxylic acids is 1. The molecule has 0 aromatic heterocycles. The number of hydrogen-bond acceptors (Lipinski definition) is 6. The Morgan fingerprint density at radius 2 is 1.74 bits per heavy atom. The lowest BCUT2D eigenvalue weighted by Gasteiger charge is -2.31. The van der Waals surface area contributed by atoms with Crippen molar-refractivity contribution in [2.75, 3.05) is 13.1 Å². The third-order valence-corrected chi connectivity index (χ3v) is 6.12. The molecule has 1 atom stereocenters. The second-order valence-corrected chi connectivity index (χ2v) is 8.37. The monoisotopic (exact) mass is 462 g/mol. The minimum Gasteiger partial charge on any atom is -0.475 e. The highest BCUT2D eigenvalue weighted by molar-refractivity contribution is 6.33. The van der Waals surface area contributed by atoms with E-state index in [1.807, 2.05) is 54.6 Å². The molecule has 4 rings (SSSR count). The molecule has 0 radical (unpaired) electrons. The number of benzene rings is 2. The highest BCUT2D eigenvalue weighted by Gasteiger charge is 2.36. The summed E-state index contributed by atoms with van der Waals surface area (Å²) >= 11 is 0. The maximum atomic E-state index is 12.8. The van der Waals surface area contributed by atoms with Gasteiger partial charge in [0.2, 0.25) is 11.9 Å². The van der Waals surface area contributed by atoms with Crippen molar-refractivity contribution >= 4 is 29.2 Å². The molecule has 9 heteroatoms. The van der Waals surface area contributed by atoms with Crippen molar-refractivity contribution in [3.8, 4) is 0 Å². The van der Waals surface area contributed by atoms with Gasteiger partial charge in [0.25, 0.3) is 5.91 Å². The quantitative estimate of drug-likeness (QED) is 0.367. The van der Waals surface area contributed by atoms with Gasteiger partial charge in [-0.15, -0.1) is 0 Å². The molecule has 1 unspecified atom stereocenters. The predicted octanol–water partition coefficient (Wildman–Crippen LogP) is 1.98. The topological polar surface area (TPSA) is 135 Å². The van der Waals surface area contributed by atoms with Gasteiger partial charge in [0.05, 0.1) is 12.3 Å². The van der Waals surface area contributed by atoms with E-state index in [2.05, 4.69) is 10.1 Å². The molecular weight excluding hydrogens is 436 g/mol. The number of amides is 1. The number of amidine groups is 1. The first-order chi connectivity index (χ1) is 16.4. The van der Waals surface area contributed by atoms with Crippen LogP contribution >= 0.6 is 0 Å². The lowest BCUT2D eigenvalue weighted by atomic mass is 9.92. The number of carbonyl (C=O) groups excluding carboxylic acids is 2. The largest absolute Gasteiger partial charge is 0.475 e. The van der Waals surface area contributed by atoms with Crippen molar-refractivity contribution in [1.29, 1.82) is 0 Å². The molecule has 34 heavy (non-hydrogen) atoms. The first-order valence-electron chi connectivity index (χ1n) is 11.2. The van der Waals surface area contributed by atoms with Gasteiger partial charge in [0.15, 0.2) is 0 Å². The van der Waals surface area contributed by atoms with Crippen LogP contribution in [0, 0.1) is 5.92 Å². The second-order valence-electron chi connectivity index (χ2n) is 8.37. The third kappa shape index (κ3) is 5.31. The Balaban J connectivity index is 1.30. The van der Waals surface area contributed by atoms with Crippen molar-refractivity contribution in [3.63, 3.8) is 0 Å². The van der Waals surface area contributed by atoms with Crippen molar-refractivity contribution in [2.45, 2.75) is 31.9 Å². The van der Waals surface area contributed by atoms with E-state index in [1.54, 1.807) is 4.90 Å². The Labute approximate surface area is 196 Å². The zero-order valence-corrected chi connectivity index (χ0v) is 18.6. The first kappa shape index (κ1) is 23.2. The van der Waals surface area contributed by atoms with Gasteiger partial charge in [-0.05, 0) is 24.0 Å². The highest BCUT2D eigenvalue weighted by atomic mass is 16.6. The van der Waals surface area contributed by atoms with Crippen molar-refractivity contribution in [3.05, 3.63) is 71.3 Å². The normalized spacial score (nSPS) is 18.8. The zero-order valence-electron chi connectivity index (χ0n) is 18.6. The average Bonchev–Trinajstić information content (AvgIpc) is 3.37. The standard InChI is InChI=1S/C25H26N4O5/c26-23(27-15-16-4-2-1-3-5-16)19-8-6-17(7-9-19)20-14-21(34-28-20)24(31)29-12-10-18(11-13-29)22(30)25(32)33/h1-9,18,21H,10-15H2,(H2,26,27)(H,32,33). The summed E-state index contributed by atoms with van der Waals surface area (Å²) in [7, 11) is 0. The summed E-state index contributed by atoms with van der Waals surface area (Å²) in [5, 5.41) is 13.0. The van der Waals surface area contributed by atoms with Crippen molar-refractivity contribution in [1.82, 2.24) is 4.90 Å². The number of hydrogen-bond donors (Lipinski definition) is 2. The third-order valence-electron chi connectivity index (χ3n) is 6.12. The molecular formula is C25H26N4O5. The maximum absolute atomic E-state index is 12.8. The van der Waals surface area contributed by atoms with Gasteiger partial charge >= 0.3 is 5.97 Å². The fourth-order valence-corrected chi connectivity index (χ4v) is 4.11. The van der Waals surface area contributed by atoms with Crippen molar-refractivity contribution in [2.24, 2.45) is 21.8 Å². The fraction of sp³-hybridized carbons (Fsp3) is 0.320. The van der Waals surface area contributed by atoms with Crippen LogP contribution in [0.4, 0.5) is 0 Å². The summed E-state index contributed by atoms with van der Waals surface area (Å²) in [4.78, 5) is 46.8. The molecule has 0 saturated carbocycles. The van der Waals surface area contributed by atoms with Gasteiger partial charge in [0.1, 0.15) is 5.84 Å². The lowest BCUT2D eigenvalue weighted by molar-refractivity contribution is -0.152. The van der Waals surface area contributed by atoms with Crippen LogP contribution in [0.3, 0.4) is 0 Å². The molecule has 9 nitrogen and oxygen atoms in total. The number of oxime groups is 1. The van der Waals surface area contributed by atoms with E-state index >= 15 is 0 Å². The van der Waals surface area contributed by atoms with Crippen LogP contribution in [-0.4, -0.2) is 58.4 Å². The summed E-state index contributed by atoms with van der Waals surface area (Å²) in [5.74, 6) is -2.51. The van der Waals surface area contributed by atoms with Gasteiger partial charge in [-0.2, -0.15) is 0 Å². The summed E-state index contributed by atoms with van der Waals surface area (Å²) < 4.78 is 0. The molecule has 2 aromatic carbocycles. The van der Waals surface area contributed by atoms with Crippen LogP contribution in [0.1, 0.15) is 36.0 Å². The number of nitrogens with zero attached hydrogens (tertiary/aromatic N) is 3. The van der Waals surface area contributed by atoms with E-state index in [9.17, 15) is 14.4 Å². The Kier molecular flexibility index (Phi) is 7.01. The SMILES string of the molecule is NC(=NCc1ccccc1)c1ccc(C2=NOC(C(=O)N3CCC(C(=O)C(=O)O)CC3)C2)cc1. The molecule has 1 amide bonds. The molecule has 0 aliphatic carbocycles. The van der Waals surface area contributed by atoms with Crippen LogP contribution in [0.5, 0.6) is 0 Å². The number of Topliss-reactive ketones (excluding diaryl/α,β-unsaturated/α-hetero) is 1. The van der Waals surface area contributed by atoms with E-state index < -0.39 is 23.8 Å². The van der Waals surface area contributed by atoms with Crippen LogP contribution in [0.2, 0.25) is 0 Å². The molecule has 2 aliphatic rings. The number of aliphatic imine (C=N–C) groups is 1. The van der Waals surface area contributed by atoms with Gasteiger partial charge in [-0.1, -0.05) is 59.8 Å². The minimum absolute atomic E-state index is 0.200. The summed E-state index contributed by atoms with van der Waals surface area (Å²) in [6, 6.07) is 17.3. The number of aliphatic carboxylic acids is 1. The number of ketones is 1. The van der Waals surface area contributed by atoms with Crippen LogP contribution in [0.15, 0.2) is 64.7 Å². The highest BCUT2D eigenvalue weighted by Crippen LogP contribution is 2.23.